The highest BCUT2D eigenvalue weighted by Crippen LogP contribution is 2.22. The lowest BCUT2D eigenvalue weighted by molar-refractivity contribution is 0.289. The Hall–Kier alpha value is -1.70. The van der Waals surface area contributed by atoms with Crippen LogP contribution in [0, 0.1) is 3.57 Å². The fraction of sp³-hybridized carbons (Fsp3) is 0.200. The van der Waals surface area contributed by atoms with Gasteiger partial charge in [-0.05, 0) is 46.9 Å². The van der Waals surface area contributed by atoms with Crippen molar-refractivity contribution in [2.45, 2.75) is 6.42 Å². The van der Waals surface area contributed by atoms with Gasteiger partial charge in [0.2, 0.25) is 5.78 Å². The van der Waals surface area contributed by atoms with Crippen molar-refractivity contribution in [1.82, 2.24) is 14.4 Å². The van der Waals surface area contributed by atoms with Crippen LogP contribution in [0.5, 0.6) is 5.75 Å². The summed E-state index contributed by atoms with van der Waals surface area (Å²) in [4.78, 5) is 8.77. The smallest absolute Gasteiger partial charge is 0.234 e. The number of fused-ring (bicyclic) bond motifs is 1. The molecule has 0 fully saturated rings. The molecule has 3 aromatic rings. The molecule has 0 aliphatic carbocycles. The summed E-state index contributed by atoms with van der Waals surface area (Å²) in [5, 5.41) is 0. The SMILES string of the molecule is FCCCOc1ccc(-c2cn3cc(I)cnc3n2)cc1. The molecule has 0 radical (unpaired) electrons. The molecule has 108 valence electrons. The van der Waals surface area contributed by atoms with Crippen LogP contribution in [0.1, 0.15) is 6.42 Å². The first-order valence-corrected chi connectivity index (χ1v) is 7.63. The van der Waals surface area contributed by atoms with Crippen molar-refractivity contribution < 1.29 is 9.13 Å². The molecule has 0 aliphatic heterocycles. The molecule has 1 aromatic carbocycles. The Kier molecular flexibility index (Phi) is 4.33. The van der Waals surface area contributed by atoms with Gasteiger partial charge < -0.3 is 4.74 Å². The summed E-state index contributed by atoms with van der Waals surface area (Å²) < 4.78 is 20.4. The molecular formula is C15H13FIN3O. The monoisotopic (exact) mass is 397 g/mol. The molecule has 2 aromatic heterocycles. The summed E-state index contributed by atoms with van der Waals surface area (Å²) in [6.45, 7) is 0.0394. The first-order valence-electron chi connectivity index (χ1n) is 6.56. The van der Waals surface area contributed by atoms with E-state index in [0.29, 0.717) is 18.8 Å². The predicted octanol–water partition coefficient (Wildman–Crippen LogP) is 3.74. The second-order valence-corrected chi connectivity index (χ2v) is 5.77. The summed E-state index contributed by atoms with van der Waals surface area (Å²) in [6, 6.07) is 7.62. The fourth-order valence-electron chi connectivity index (χ4n) is 1.97. The Morgan fingerprint density at radius 3 is 2.76 bits per heavy atom. The van der Waals surface area contributed by atoms with Crippen molar-refractivity contribution in [2.24, 2.45) is 0 Å². The number of benzene rings is 1. The van der Waals surface area contributed by atoms with Gasteiger partial charge in [-0.2, -0.15) is 0 Å². The van der Waals surface area contributed by atoms with Gasteiger partial charge >= 0.3 is 0 Å². The maximum atomic E-state index is 12.0. The quantitative estimate of drug-likeness (QED) is 0.487. The number of alkyl halides is 1. The van der Waals surface area contributed by atoms with Gasteiger partial charge in [-0.15, -0.1) is 0 Å². The Bertz CT molecular complexity index is 742. The van der Waals surface area contributed by atoms with E-state index in [-0.39, 0.29) is 6.67 Å². The van der Waals surface area contributed by atoms with Gasteiger partial charge in [0.05, 0.1) is 19.0 Å². The summed E-state index contributed by atoms with van der Waals surface area (Å²) in [6.07, 6.45) is 6.13. The van der Waals surface area contributed by atoms with Crippen LogP contribution in [0.15, 0.2) is 42.9 Å². The molecule has 0 amide bonds. The molecule has 0 saturated carbocycles. The van der Waals surface area contributed by atoms with E-state index in [1.54, 1.807) is 6.20 Å². The van der Waals surface area contributed by atoms with Crippen molar-refractivity contribution in [3.8, 4) is 17.0 Å². The van der Waals surface area contributed by atoms with Crippen LogP contribution >= 0.6 is 22.6 Å². The molecule has 0 bridgehead atoms. The van der Waals surface area contributed by atoms with E-state index in [9.17, 15) is 4.39 Å². The second-order valence-electron chi connectivity index (χ2n) is 4.52. The zero-order valence-electron chi connectivity index (χ0n) is 11.2. The van der Waals surface area contributed by atoms with Crippen LogP contribution in [0.3, 0.4) is 0 Å². The van der Waals surface area contributed by atoms with Crippen LogP contribution < -0.4 is 4.74 Å². The molecular weight excluding hydrogens is 384 g/mol. The van der Waals surface area contributed by atoms with Crippen molar-refractivity contribution in [1.29, 1.82) is 0 Å². The van der Waals surface area contributed by atoms with Gasteiger partial charge in [0.25, 0.3) is 0 Å². The van der Waals surface area contributed by atoms with Crippen molar-refractivity contribution in [2.75, 3.05) is 13.3 Å². The van der Waals surface area contributed by atoms with E-state index in [1.807, 2.05) is 41.1 Å². The molecule has 0 atom stereocenters. The van der Waals surface area contributed by atoms with Crippen molar-refractivity contribution >= 4 is 28.4 Å². The van der Waals surface area contributed by atoms with E-state index in [2.05, 4.69) is 32.6 Å². The molecule has 6 heteroatoms. The van der Waals surface area contributed by atoms with Crippen molar-refractivity contribution in [3.05, 3.63) is 46.4 Å². The Labute approximate surface area is 135 Å². The standard InChI is InChI=1S/C15H13FIN3O/c16-6-1-7-21-13-4-2-11(3-5-13)14-10-20-9-12(17)8-18-15(20)19-14/h2-5,8-10H,1,6-7H2. The third-order valence-electron chi connectivity index (χ3n) is 2.98. The lowest BCUT2D eigenvalue weighted by atomic mass is 10.2. The minimum absolute atomic E-state index is 0.356. The summed E-state index contributed by atoms with van der Waals surface area (Å²) in [7, 11) is 0. The molecule has 3 rings (SSSR count). The van der Waals surface area contributed by atoms with E-state index in [4.69, 9.17) is 4.74 Å². The highest BCUT2D eigenvalue weighted by molar-refractivity contribution is 14.1. The first-order chi connectivity index (χ1) is 10.3. The first kappa shape index (κ1) is 14.2. The average molecular weight is 397 g/mol. The molecule has 0 unspecified atom stereocenters. The Balaban J connectivity index is 1.81. The largest absolute Gasteiger partial charge is 0.493 e. The molecule has 2 heterocycles. The number of hydrogen-bond donors (Lipinski definition) is 0. The highest BCUT2D eigenvalue weighted by atomic mass is 127. The molecule has 21 heavy (non-hydrogen) atoms. The van der Waals surface area contributed by atoms with Crippen LogP contribution in [0.2, 0.25) is 0 Å². The number of halogens is 2. The van der Waals surface area contributed by atoms with Gasteiger partial charge in [0.1, 0.15) is 5.75 Å². The summed E-state index contributed by atoms with van der Waals surface area (Å²) in [5.74, 6) is 1.41. The van der Waals surface area contributed by atoms with Gasteiger partial charge in [-0.1, -0.05) is 0 Å². The van der Waals surface area contributed by atoms with E-state index in [0.717, 1.165) is 20.6 Å². The number of aromatic nitrogens is 3. The Morgan fingerprint density at radius 1 is 1.19 bits per heavy atom. The molecule has 0 N–H and O–H groups in total. The van der Waals surface area contributed by atoms with Gasteiger partial charge in [-0.3, -0.25) is 8.79 Å². The van der Waals surface area contributed by atoms with Crippen LogP contribution in [-0.4, -0.2) is 27.7 Å². The van der Waals surface area contributed by atoms with Crippen LogP contribution in [0.25, 0.3) is 17.0 Å². The third-order valence-corrected chi connectivity index (χ3v) is 3.53. The minimum atomic E-state index is -0.356. The maximum Gasteiger partial charge on any atom is 0.234 e. The lowest BCUT2D eigenvalue weighted by Crippen LogP contribution is -1.97. The van der Waals surface area contributed by atoms with Gasteiger partial charge in [0, 0.05) is 34.1 Å². The predicted molar refractivity (Wildman–Crippen MR) is 87.2 cm³/mol. The zero-order chi connectivity index (χ0) is 14.7. The van der Waals surface area contributed by atoms with Gasteiger partial charge in [-0.25, -0.2) is 9.97 Å². The number of rotatable bonds is 5. The minimum Gasteiger partial charge on any atom is -0.493 e. The summed E-state index contributed by atoms with van der Waals surface area (Å²) >= 11 is 2.22. The average Bonchev–Trinajstić information content (AvgIpc) is 2.91. The Morgan fingerprint density at radius 2 is 2.00 bits per heavy atom. The number of imidazole rings is 1. The fourth-order valence-corrected chi connectivity index (χ4v) is 2.40. The van der Waals surface area contributed by atoms with E-state index < -0.39 is 0 Å². The second kappa shape index (κ2) is 6.38. The molecule has 0 saturated heterocycles. The van der Waals surface area contributed by atoms with Crippen LogP contribution in [0.4, 0.5) is 4.39 Å². The highest BCUT2D eigenvalue weighted by Gasteiger charge is 2.06. The topological polar surface area (TPSA) is 39.4 Å². The number of nitrogens with zero attached hydrogens (tertiary/aromatic N) is 3. The normalized spacial score (nSPS) is 11.0. The molecule has 0 spiro atoms. The number of hydrogen-bond acceptors (Lipinski definition) is 3. The van der Waals surface area contributed by atoms with E-state index in [1.165, 1.54) is 0 Å². The van der Waals surface area contributed by atoms with E-state index >= 15 is 0 Å². The zero-order valence-corrected chi connectivity index (χ0v) is 13.3. The summed E-state index contributed by atoms with van der Waals surface area (Å²) in [5.41, 5.74) is 1.85. The maximum absolute atomic E-state index is 12.0. The molecule has 4 nitrogen and oxygen atoms in total. The third kappa shape index (κ3) is 3.31. The molecule has 0 aliphatic rings. The van der Waals surface area contributed by atoms with Crippen LogP contribution in [-0.2, 0) is 0 Å². The van der Waals surface area contributed by atoms with Crippen molar-refractivity contribution in [3.63, 3.8) is 0 Å². The number of ether oxygens (including phenoxy) is 1. The van der Waals surface area contributed by atoms with Gasteiger partial charge in [0.15, 0.2) is 0 Å². The lowest BCUT2D eigenvalue weighted by Gasteiger charge is -2.04.